The Morgan fingerprint density at radius 1 is 0.931 bits per heavy atom. The molecule has 4 nitrogen and oxygen atoms in total. The standard InChI is InChI=1S/C24H21ClO4/c1-2-27-24(26)14-12-19-11-13-22(16-23(19)25)29-21-10-6-9-20(15-21)28-17-18-7-4-3-5-8-18/h3-16H,2,17H2,1H3. The summed E-state index contributed by atoms with van der Waals surface area (Å²) in [6, 6.07) is 22.6. The second-order valence-electron chi connectivity index (χ2n) is 6.12. The monoisotopic (exact) mass is 408 g/mol. The van der Waals surface area contributed by atoms with Crippen molar-refractivity contribution in [2.45, 2.75) is 13.5 Å². The van der Waals surface area contributed by atoms with Gasteiger partial charge in [0.05, 0.1) is 11.6 Å². The molecule has 0 fully saturated rings. The van der Waals surface area contributed by atoms with Crippen LogP contribution in [0.4, 0.5) is 0 Å². The molecule has 0 saturated heterocycles. The highest BCUT2D eigenvalue weighted by atomic mass is 35.5. The van der Waals surface area contributed by atoms with Crippen molar-refractivity contribution in [1.29, 1.82) is 0 Å². The molecule has 5 heteroatoms. The number of hydrogen-bond acceptors (Lipinski definition) is 4. The maximum Gasteiger partial charge on any atom is 0.330 e. The summed E-state index contributed by atoms with van der Waals surface area (Å²) in [5.41, 5.74) is 1.80. The van der Waals surface area contributed by atoms with Crippen molar-refractivity contribution < 1.29 is 19.0 Å². The van der Waals surface area contributed by atoms with Gasteiger partial charge in [0, 0.05) is 12.1 Å². The summed E-state index contributed by atoms with van der Waals surface area (Å²) in [5, 5.41) is 0.472. The first-order valence-corrected chi connectivity index (χ1v) is 9.61. The number of hydrogen-bond donors (Lipinski definition) is 0. The minimum atomic E-state index is -0.406. The van der Waals surface area contributed by atoms with E-state index in [1.807, 2.05) is 54.6 Å². The van der Waals surface area contributed by atoms with Crippen molar-refractivity contribution in [3.63, 3.8) is 0 Å². The lowest BCUT2D eigenvalue weighted by molar-refractivity contribution is -0.137. The van der Waals surface area contributed by atoms with Crippen LogP contribution in [0, 0.1) is 0 Å². The lowest BCUT2D eigenvalue weighted by Crippen LogP contribution is -1.98. The number of halogens is 1. The maximum absolute atomic E-state index is 11.4. The van der Waals surface area contributed by atoms with Gasteiger partial charge < -0.3 is 14.2 Å². The van der Waals surface area contributed by atoms with Crippen molar-refractivity contribution >= 4 is 23.6 Å². The third-order valence-electron chi connectivity index (χ3n) is 3.95. The molecule has 0 spiro atoms. The topological polar surface area (TPSA) is 44.8 Å². The first kappa shape index (κ1) is 20.5. The smallest absolute Gasteiger partial charge is 0.330 e. The van der Waals surface area contributed by atoms with E-state index < -0.39 is 5.97 Å². The van der Waals surface area contributed by atoms with Crippen molar-refractivity contribution in [3.05, 3.63) is 95.0 Å². The quantitative estimate of drug-likeness (QED) is 0.324. The molecule has 0 aliphatic heterocycles. The molecule has 0 unspecified atom stereocenters. The van der Waals surface area contributed by atoms with Crippen molar-refractivity contribution in [3.8, 4) is 17.2 Å². The SMILES string of the molecule is CCOC(=O)C=Cc1ccc(Oc2cccc(OCc3ccccc3)c2)cc1Cl. The van der Waals surface area contributed by atoms with E-state index in [-0.39, 0.29) is 0 Å². The first-order chi connectivity index (χ1) is 14.1. The molecule has 0 amide bonds. The lowest BCUT2D eigenvalue weighted by atomic mass is 10.2. The van der Waals surface area contributed by atoms with Crippen LogP contribution in [0.15, 0.2) is 78.9 Å². The molecule has 0 heterocycles. The van der Waals surface area contributed by atoms with E-state index in [0.29, 0.717) is 41.0 Å². The van der Waals surface area contributed by atoms with Crippen LogP contribution in [0.2, 0.25) is 5.02 Å². The summed E-state index contributed by atoms with van der Waals surface area (Å²) in [7, 11) is 0. The van der Waals surface area contributed by atoms with Gasteiger partial charge in [0.25, 0.3) is 0 Å². The molecular weight excluding hydrogens is 388 g/mol. The van der Waals surface area contributed by atoms with E-state index in [9.17, 15) is 4.79 Å². The van der Waals surface area contributed by atoms with Crippen LogP contribution in [0.25, 0.3) is 6.08 Å². The van der Waals surface area contributed by atoms with E-state index >= 15 is 0 Å². The molecule has 0 atom stereocenters. The molecular formula is C24H21ClO4. The maximum atomic E-state index is 11.4. The number of rotatable bonds is 8. The molecule has 0 saturated carbocycles. The van der Waals surface area contributed by atoms with E-state index in [1.54, 1.807) is 31.2 Å². The van der Waals surface area contributed by atoms with Crippen LogP contribution in [0.1, 0.15) is 18.1 Å². The average Bonchev–Trinajstić information content (AvgIpc) is 2.73. The number of carbonyl (C=O) groups excluding carboxylic acids is 1. The Morgan fingerprint density at radius 2 is 1.69 bits per heavy atom. The van der Waals surface area contributed by atoms with Gasteiger partial charge in [0.1, 0.15) is 23.9 Å². The summed E-state index contributed by atoms with van der Waals surface area (Å²) in [6.07, 6.45) is 2.96. The Balaban J connectivity index is 1.64. The molecule has 29 heavy (non-hydrogen) atoms. The lowest BCUT2D eigenvalue weighted by Gasteiger charge is -2.10. The zero-order chi connectivity index (χ0) is 20.5. The van der Waals surface area contributed by atoms with Gasteiger partial charge in [0.15, 0.2) is 0 Å². The zero-order valence-corrected chi connectivity index (χ0v) is 16.8. The van der Waals surface area contributed by atoms with Gasteiger partial charge in [-0.2, -0.15) is 0 Å². The summed E-state index contributed by atoms with van der Waals surface area (Å²) < 4.78 is 16.6. The van der Waals surface area contributed by atoms with Crippen LogP contribution in [-0.2, 0) is 16.1 Å². The number of benzene rings is 3. The minimum Gasteiger partial charge on any atom is -0.489 e. The second-order valence-corrected chi connectivity index (χ2v) is 6.53. The van der Waals surface area contributed by atoms with E-state index in [0.717, 1.165) is 5.56 Å². The van der Waals surface area contributed by atoms with E-state index in [4.69, 9.17) is 25.8 Å². The van der Waals surface area contributed by atoms with Crippen LogP contribution < -0.4 is 9.47 Å². The Morgan fingerprint density at radius 3 is 2.45 bits per heavy atom. The number of carbonyl (C=O) groups is 1. The Kier molecular flexibility index (Phi) is 7.31. The van der Waals surface area contributed by atoms with Gasteiger partial charge >= 0.3 is 5.97 Å². The van der Waals surface area contributed by atoms with Crippen LogP contribution in [-0.4, -0.2) is 12.6 Å². The Hall–Kier alpha value is -3.24. The fourth-order valence-corrected chi connectivity index (χ4v) is 2.79. The van der Waals surface area contributed by atoms with Crippen LogP contribution in [0.5, 0.6) is 17.2 Å². The molecule has 3 rings (SSSR count). The third-order valence-corrected chi connectivity index (χ3v) is 4.27. The molecule has 0 bridgehead atoms. The molecule has 0 aliphatic carbocycles. The van der Waals surface area contributed by atoms with Crippen LogP contribution >= 0.6 is 11.6 Å². The predicted molar refractivity (Wildman–Crippen MR) is 114 cm³/mol. The molecule has 0 aromatic heterocycles. The molecule has 3 aromatic carbocycles. The summed E-state index contributed by atoms with van der Waals surface area (Å²) in [5.74, 6) is 1.53. The van der Waals surface area contributed by atoms with Crippen LogP contribution in [0.3, 0.4) is 0 Å². The highest BCUT2D eigenvalue weighted by Gasteiger charge is 2.05. The van der Waals surface area contributed by atoms with Gasteiger partial charge in [-0.1, -0.05) is 48.0 Å². The predicted octanol–water partition coefficient (Wildman–Crippen LogP) is 6.29. The molecule has 0 N–H and O–H groups in total. The van der Waals surface area contributed by atoms with Crippen molar-refractivity contribution in [1.82, 2.24) is 0 Å². The molecule has 148 valence electrons. The fraction of sp³-hybridized carbons (Fsp3) is 0.125. The molecule has 0 radical (unpaired) electrons. The van der Waals surface area contributed by atoms with Crippen molar-refractivity contribution in [2.24, 2.45) is 0 Å². The Labute approximate surface area is 175 Å². The summed E-state index contributed by atoms with van der Waals surface area (Å²) in [6.45, 7) is 2.57. The minimum absolute atomic E-state index is 0.331. The zero-order valence-electron chi connectivity index (χ0n) is 16.0. The van der Waals surface area contributed by atoms with Gasteiger partial charge in [-0.3, -0.25) is 0 Å². The highest BCUT2D eigenvalue weighted by Crippen LogP contribution is 2.29. The molecule has 0 aliphatic rings. The van der Waals surface area contributed by atoms with Crippen molar-refractivity contribution in [2.75, 3.05) is 6.61 Å². The number of esters is 1. The molecule has 3 aromatic rings. The van der Waals surface area contributed by atoms with Gasteiger partial charge in [-0.25, -0.2) is 4.79 Å². The van der Waals surface area contributed by atoms with Gasteiger partial charge in [-0.05, 0) is 54.5 Å². The van der Waals surface area contributed by atoms with Gasteiger partial charge in [0.2, 0.25) is 0 Å². The first-order valence-electron chi connectivity index (χ1n) is 9.23. The average molecular weight is 409 g/mol. The Bertz CT molecular complexity index is 983. The number of ether oxygens (including phenoxy) is 3. The van der Waals surface area contributed by atoms with E-state index in [2.05, 4.69) is 0 Å². The third kappa shape index (κ3) is 6.40. The fourth-order valence-electron chi connectivity index (χ4n) is 2.56. The summed E-state index contributed by atoms with van der Waals surface area (Å²) in [4.78, 5) is 11.4. The highest BCUT2D eigenvalue weighted by molar-refractivity contribution is 6.32. The normalized spacial score (nSPS) is 10.7. The summed E-state index contributed by atoms with van der Waals surface area (Å²) >= 11 is 6.30. The van der Waals surface area contributed by atoms with Gasteiger partial charge in [-0.15, -0.1) is 0 Å². The largest absolute Gasteiger partial charge is 0.489 e. The second kappa shape index (κ2) is 10.3. The van der Waals surface area contributed by atoms with E-state index in [1.165, 1.54) is 6.08 Å².